The summed E-state index contributed by atoms with van der Waals surface area (Å²) in [6.45, 7) is 6.13. The highest BCUT2D eigenvalue weighted by Gasteiger charge is 2.27. The second-order valence-electron chi connectivity index (χ2n) is 7.29. The SMILES string of the molecule is Cc1cc(C)c(NC(=O)CSc2nc(C3CC3)nc3ccccc23)c(C)c1. The number of amides is 1. The lowest BCUT2D eigenvalue weighted by Gasteiger charge is -2.13. The van der Waals surface area contributed by atoms with E-state index in [4.69, 9.17) is 9.97 Å². The van der Waals surface area contributed by atoms with E-state index in [1.165, 1.54) is 17.3 Å². The van der Waals surface area contributed by atoms with Crippen molar-refractivity contribution >= 4 is 34.3 Å². The van der Waals surface area contributed by atoms with E-state index in [1.807, 2.05) is 38.1 Å². The zero-order valence-corrected chi connectivity index (χ0v) is 16.7. The van der Waals surface area contributed by atoms with Gasteiger partial charge in [0.2, 0.25) is 5.91 Å². The molecule has 3 aromatic rings. The van der Waals surface area contributed by atoms with Crippen LogP contribution >= 0.6 is 11.8 Å². The first-order valence-electron chi connectivity index (χ1n) is 9.28. The Labute approximate surface area is 163 Å². The van der Waals surface area contributed by atoms with Crippen molar-refractivity contribution in [2.75, 3.05) is 11.1 Å². The maximum absolute atomic E-state index is 12.6. The molecule has 0 unspecified atom stereocenters. The standard InChI is InChI=1S/C22H23N3OS/c1-13-10-14(2)20(15(3)11-13)24-19(26)12-27-22-17-6-4-5-7-18(17)23-21(25-22)16-8-9-16/h4-7,10-11,16H,8-9,12H2,1-3H3,(H,24,26). The Kier molecular flexibility index (Phi) is 4.87. The molecule has 4 rings (SSSR count). The van der Waals surface area contributed by atoms with Crippen molar-refractivity contribution in [3.63, 3.8) is 0 Å². The molecule has 0 radical (unpaired) electrons. The molecule has 0 aliphatic heterocycles. The van der Waals surface area contributed by atoms with Gasteiger partial charge in [-0.25, -0.2) is 9.97 Å². The van der Waals surface area contributed by atoms with E-state index in [-0.39, 0.29) is 5.91 Å². The van der Waals surface area contributed by atoms with E-state index in [1.54, 1.807) is 0 Å². The highest BCUT2D eigenvalue weighted by atomic mass is 32.2. The van der Waals surface area contributed by atoms with Gasteiger partial charge in [-0.2, -0.15) is 0 Å². The van der Waals surface area contributed by atoms with E-state index in [0.29, 0.717) is 11.7 Å². The van der Waals surface area contributed by atoms with Crippen LogP contribution in [0.25, 0.3) is 10.9 Å². The number of rotatable bonds is 5. The van der Waals surface area contributed by atoms with Crippen molar-refractivity contribution in [2.24, 2.45) is 0 Å². The zero-order valence-electron chi connectivity index (χ0n) is 15.9. The Morgan fingerprint density at radius 3 is 2.52 bits per heavy atom. The van der Waals surface area contributed by atoms with Gasteiger partial charge in [-0.1, -0.05) is 47.7 Å². The number of hydrogen-bond donors (Lipinski definition) is 1. The van der Waals surface area contributed by atoms with Crippen LogP contribution in [0.15, 0.2) is 41.4 Å². The smallest absolute Gasteiger partial charge is 0.234 e. The minimum Gasteiger partial charge on any atom is -0.325 e. The summed E-state index contributed by atoms with van der Waals surface area (Å²) < 4.78 is 0. The molecule has 0 spiro atoms. The summed E-state index contributed by atoms with van der Waals surface area (Å²) in [6.07, 6.45) is 2.32. The van der Waals surface area contributed by atoms with Crippen molar-refractivity contribution in [3.8, 4) is 0 Å². The van der Waals surface area contributed by atoms with Crippen LogP contribution in [0.4, 0.5) is 5.69 Å². The topological polar surface area (TPSA) is 54.9 Å². The molecule has 1 saturated carbocycles. The van der Waals surface area contributed by atoms with Gasteiger partial charge >= 0.3 is 0 Å². The average Bonchev–Trinajstić information content (AvgIpc) is 3.47. The van der Waals surface area contributed by atoms with Gasteiger partial charge in [0.05, 0.1) is 11.3 Å². The van der Waals surface area contributed by atoms with Crippen LogP contribution in [0.2, 0.25) is 0 Å². The van der Waals surface area contributed by atoms with Gasteiger partial charge in [0, 0.05) is 17.0 Å². The van der Waals surface area contributed by atoms with Crippen molar-refractivity contribution in [1.82, 2.24) is 9.97 Å². The minimum atomic E-state index is -0.00859. The first-order valence-corrected chi connectivity index (χ1v) is 10.3. The summed E-state index contributed by atoms with van der Waals surface area (Å²) >= 11 is 1.49. The van der Waals surface area contributed by atoms with Gasteiger partial charge in [0.25, 0.3) is 0 Å². The van der Waals surface area contributed by atoms with Crippen molar-refractivity contribution in [3.05, 3.63) is 58.9 Å². The number of carbonyl (C=O) groups excluding carboxylic acids is 1. The van der Waals surface area contributed by atoms with Gasteiger partial charge in [0.15, 0.2) is 0 Å². The quantitative estimate of drug-likeness (QED) is 0.493. The molecule has 1 N–H and O–H groups in total. The number of fused-ring (bicyclic) bond motifs is 1. The largest absolute Gasteiger partial charge is 0.325 e. The first-order chi connectivity index (χ1) is 13.0. The second kappa shape index (κ2) is 7.31. The van der Waals surface area contributed by atoms with Gasteiger partial charge < -0.3 is 5.32 Å². The predicted octanol–water partition coefficient (Wildman–Crippen LogP) is 5.16. The number of carbonyl (C=O) groups is 1. The number of hydrogen-bond acceptors (Lipinski definition) is 4. The van der Waals surface area contributed by atoms with Gasteiger partial charge in [-0.05, 0) is 50.8 Å². The summed E-state index contributed by atoms with van der Waals surface area (Å²) in [5.74, 6) is 1.73. The average molecular weight is 378 g/mol. The number of aryl methyl sites for hydroxylation is 3. The van der Waals surface area contributed by atoms with Crippen molar-refractivity contribution < 1.29 is 4.79 Å². The fourth-order valence-electron chi connectivity index (χ4n) is 3.39. The maximum Gasteiger partial charge on any atom is 0.234 e. The summed E-state index contributed by atoms with van der Waals surface area (Å²) in [7, 11) is 0. The lowest BCUT2D eigenvalue weighted by atomic mass is 10.1. The van der Waals surface area contributed by atoms with E-state index in [0.717, 1.165) is 51.4 Å². The van der Waals surface area contributed by atoms with Crippen LogP contribution in [0.3, 0.4) is 0 Å². The van der Waals surface area contributed by atoms with Crippen molar-refractivity contribution in [1.29, 1.82) is 0 Å². The number of thioether (sulfide) groups is 1. The van der Waals surface area contributed by atoms with Crippen LogP contribution in [0.1, 0.15) is 41.3 Å². The molecule has 1 amide bonds. The van der Waals surface area contributed by atoms with Gasteiger partial charge in [-0.15, -0.1) is 0 Å². The molecule has 4 nitrogen and oxygen atoms in total. The molecule has 1 aliphatic carbocycles. The Hall–Kier alpha value is -2.40. The van der Waals surface area contributed by atoms with Crippen LogP contribution in [0.5, 0.6) is 0 Å². The number of para-hydroxylation sites is 1. The minimum absolute atomic E-state index is 0.00859. The molecule has 2 aromatic carbocycles. The number of nitrogens with one attached hydrogen (secondary N) is 1. The molecule has 0 atom stereocenters. The zero-order chi connectivity index (χ0) is 19.0. The molecular formula is C22H23N3OS. The monoisotopic (exact) mass is 377 g/mol. The van der Waals surface area contributed by atoms with Gasteiger partial charge in [-0.3, -0.25) is 4.79 Å². The third kappa shape index (κ3) is 3.98. The molecule has 0 bridgehead atoms. The molecule has 0 saturated heterocycles. The molecule has 1 aliphatic rings. The van der Waals surface area contributed by atoms with E-state index in [2.05, 4.69) is 24.4 Å². The molecule has 1 heterocycles. The Morgan fingerprint density at radius 1 is 1.11 bits per heavy atom. The van der Waals surface area contributed by atoms with E-state index >= 15 is 0 Å². The summed E-state index contributed by atoms with van der Waals surface area (Å²) in [5, 5.41) is 4.98. The molecule has 1 fully saturated rings. The van der Waals surface area contributed by atoms with Crippen LogP contribution in [-0.4, -0.2) is 21.6 Å². The third-order valence-corrected chi connectivity index (χ3v) is 5.80. The number of benzene rings is 2. The lowest BCUT2D eigenvalue weighted by molar-refractivity contribution is -0.113. The fraction of sp³-hybridized carbons (Fsp3) is 0.318. The maximum atomic E-state index is 12.6. The molecular weight excluding hydrogens is 354 g/mol. The Balaban J connectivity index is 1.52. The third-order valence-electron chi connectivity index (χ3n) is 4.81. The lowest BCUT2D eigenvalue weighted by Crippen LogP contribution is -2.16. The molecule has 27 heavy (non-hydrogen) atoms. The Morgan fingerprint density at radius 2 is 1.81 bits per heavy atom. The van der Waals surface area contributed by atoms with Gasteiger partial charge in [0.1, 0.15) is 10.9 Å². The number of nitrogens with zero attached hydrogens (tertiary/aromatic N) is 2. The van der Waals surface area contributed by atoms with Crippen molar-refractivity contribution in [2.45, 2.75) is 44.6 Å². The summed E-state index contributed by atoms with van der Waals surface area (Å²) in [6, 6.07) is 12.2. The number of aromatic nitrogens is 2. The number of anilines is 1. The van der Waals surface area contributed by atoms with E-state index in [9.17, 15) is 4.79 Å². The van der Waals surface area contributed by atoms with E-state index < -0.39 is 0 Å². The fourth-order valence-corrected chi connectivity index (χ4v) is 4.21. The van der Waals surface area contributed by atoms with Crippen LogP contribution in [0, 0.1) is 20.8 Å². The van der Waals surface area contributed by atoms with Crippen LogP contribution < -0.4 is 5.32 Å². The summed E-state index contributed by atoms with van der Waals surface area (Å²) in [4.78, 5) is 22.0. The molecule has 138 valence electrons. The molecule has 5 heteroatoms. The van der Waals surface area contributed by atoms with Crippen LogP contribution in [-0.2, 0) is 4.79 Å². The predicted molar refractivity (Wildman–Crippen MR) is 112 cm³/mol. The Bertz CT molecular complexity index is 1000. The summed E-state index contributed by atoms with van der Waals surface area (Å²) in [5.41, 5.74) is 5.26. The first kappa shape index (κ1) is 18.0. The highest BCUT2D eigenvalue weighted by molar-refractivity contribution is 8.00. The molecule has 1 aromatic heterocycles. The second-order valence-corrected chi connectivity index (χ2v) is 8.25. The highest BCUT2D eigenvalue weighted by Crippen LogP contribution is 2.39. The normalized spacial score (nSPS) is 13.7.